The number of aromatic nitrogens is 3. The fourth-order valence-corrected chi connectivity index (χ4v) is 3.40. The molecule has 0 aliphatic carbocycles. The molecule has 25 heavy (non-hydrogen) atoms. The van der Waals surface area contributed by atoms with E-state index < -0.39 is 0 Å². The van der Waals surface area contributed by atoms with Crippen LogP contribution in [0, 0.1) is 13.8 Å². The van der Waals surface area contributed by atoms with E-state index in [0.29, 0.717) is 0 Å². The van der Waals surface area contributed by atoms with Crippen molar-refractivity contribution in [1.29, 1.82) is 0 Å². The van der Waals surface area contributed by atoms with E-state index in [2.05, 4.69) is 46.6 Å². The molecule has 0 spiro atoms. The van der Waals surface area contributed by atoms with Crippen molar-refractivity contribution in [3.63, 3.8) is 0 Å². The Balaban J connectivity index is 0.00000156. The van der Waals surface area contributed by atoms with Gasteiger partial charge in [0.05, 0.1) is 0 Å². The van der Waals surface area contributed by atoms with E-state index in [-0.39, 0.29) is 30.2 Å². The average Bonchev–Trinajstić information content (AvgIpc) is 2.93. The number of hydrogen-bond acceptors (Lipinski definition) is 6. The first-order chi connectivity index (χ1) is 11.1. The molecule has 2 aromatic rings. The number of likely N-dealkylation sites (N-methyl/N-ethyl adjacent to an activating group) is 1. The van der Waals surface area contributed by atoms with E-state index in [4.69, 9.17) is 9.61 Å². The van der Waals surface area contributed by atoms with Crippen LogP contribution in [0.4, 0.5) is 0 Å². The van der Waals surface area contributed by atoms with Crippen molar-refractivity contribution in [1.82, 2.24) is 25.5 Å². The van der Waals surface area contributed by atoms with Gasteiger partial charge in [0.1, 0.15) is 11.4 Å². The summed E-state index contributed by atoms with van der Waals surface area (Å²) in [6, 6.07) is 4.36. The fourth-order valence-electron chi connectivity index (χ4n) is 3.40. The maximum Gasteiger partial charge on any atom is 0.122 e. The molecule has 1 saturated heterocycles. The summed E-state index contributed by atoms with van der Waals surface area (Å²) in [5, 5.41) is 11.3. The van der Waals surface area contributed by atoms with Crippen LogP contribution in [0.3, 0.4) is 0 Å². The molecule has 0 bridgehead atoms. The lowest BCUT2D eigenvalue weighted by molar-refractivity contribution is 0.188. The molecule has 0 radical (unpaired) electrons. The second-order valence-corrected chi connectivity index (χ2v) is 6.72. The second-order valence-electron chi connectivity index (χ2n) is 6.72. The standard InChI is InChI=1S/C17H25N5O.2ClH/c1-13-4-5-16(19-10-13)17(6-8-18-9-7-17)12-22(3)11-15-14(2)20-23-21-15;;/h4-5,10,18H,6-9,11-12H2,1-3H3;2*1H. The van der Waals surface area contributed by atoms with Crippen molar-refractivity contribution in [3.8, 4) is 0 Å². The van der Waals surface area contributed by atoms with Crippen molar-refractivity contribution >= 4 is 24.8 Å². The lowest BCUT2D eigenvalue weighted by Crippen LogP contribution is -2.47. The van der Waals surface area contributed by atoms with Crippen molar-refractivity contribution in [2.45, 2.75) is 38.6 Å². The molecule has 2 aromatic heterocycles. The number of nitrogens with zero attached hydrogens (tertiary/aromatic N) is 4. The number of pyridine rings is 1. The molecule has 1 aliphatic rings. The molecule has 0 aromatic carbocycles. The smallest absolute Gasteiger partial charge is 0.122 e. The minimum absolute atomic E-state index is 0. The quantitative estimate of drug-likeness (QED) is 0.850. The molecule has 1 fully saturated rings. The third kappa shape index (κ3) is 5.14. The third-order valence-electron chi connectivity index (χ3n) is 4.75. The van der Waals surface area contributed by atoms with Gasteiger partial charge in [-0.05, 0) is 58.5 Å². The summed E-state index contributed by atoms with van der Waals surface area (Å²) < 4.78 is 4.81. The van der Waals surface area contributed by atoms with E-state index in [1.54, 1.807) is 0 Å². The van der Waals surface area contributed by atoms with Gasteiger partial charge < -0.3 is 5.32 Å². The predicted octanol–water partition coefficient (Wildman–Crippen LogP) is 2.68. The molecular weight excluding hydrogens is 361 g/mol. The van der Waals surface area contributed by atoms with Gasteiger partial charge in [-0.15, -0.1) is 24.8 Å². The zero-order valence-electron chi connectivity index (χ0n) is 15.0. The average molecular weight is 388 g/mol. The molecule has 6 nitrogen and oxygen atoms in total. The highest BCUT2D eigenvalue weighted by atomic mass is 35.5. The van der Waals surface area contributed by atoms with Crippen LogP contribution in [0.5, 0.6) is 0 Å². The zero-order valence-corrected chi connectivity index (χ0v) is 16.6. The van der Waals surface area contributed by atoms with Crippen LogP contribution < -0.4 is 5.32 Å². The van der Waals surface area contributed by atoms with Crippen LogP contribution >= 0.6 is 24.8 Å². The lowest BCUT2D eigenvalue weighted by atomic mass is 9.75. The number of halogens is 2. The Bertz CT molecular complexity index is 641. The van der Waals surface area contributed by atoms with Crippen molar-refractivity contribution in [2.75, 3.05) is 26.7 Å². The predicted molar refractivity (Wildman–Crippen MR) is 103 cm³/mol. The molecule has 0 saturated carbocycles. The fraction of sp³-hybridized carbons (Fsp3) is 0.588. The number of nitrogens with one attached hydrogen (secondary N) is 1. The van der Waals surface area contributed by atoms with Crippen LogP contribution in [-0.4, -0.2) is 46.9 Å². The highest BCUT2D eigenvalue weighted by Gasteiger charge is 2.36. The van der Waals surface area contributed by atoms with Gasteiger partial charge in [-0.3, -0.25) is 9.88 Å². The largest absolute Gasteiger partial charge is 0.317 e. The van der Waals surface area contributed by atoms with E-state index in [1.165, 1.54) is 11.3 Å². The van der Waals surface area contributed by atoms with Gasteiger partial charge in [0.2, 0.25) is 0 Å². The summed E-state index contributed by atoms with van der Waals surface area (Å²) in [4.78, 5) is 7.05. The maximum atomic E-state index is 4.81. The summed E-state index contributed by atoms with van der Waals surface area (Å²) in [5.41, 5.74) is 4.28. The third-order valence-corrected chi connectivity index (χ3v) is 4.75. The number of hydrogen-bond donors (Lipinski definition) is 1. The minimum atomic E-state index is 0. The van der Waals surface area contributed by atoms with Gasteiger partial charge in [0.25, 0.3) is 0 Å². The summed E-state index contributed by atoms with van der Waals surface area (Å²) >= 11 is 0. The normalized spacial score (nSPS) is 16.2. The molecule has 3 heterocycles. The minimum Gasteiger partial charge on any atom is -0.317 e. The summed E-state index contributed by atoms with van der Waals surface area (Å²) in [6.07, 6.45) is 4.18. The van der Waals surface area contributed by atoms with E-state index in [1.807, 2.05) is 13.1 Å². The molecule has 0 unspecified atom stereocenters. The van der Waals surface area contributed by atoms with Crippen LogP contribution in [-0.2, 0) is 12.0 Å². The number of aryl methyl sites for hydroxylation is 2. The highest BCUT2D eigenvalue weighted by molar-refractivity contribution is 5.85. The summed E-state index contributed by atoms with van der Waals surface area (Å²) in [7, 11) is 2.13. The molecule has 1 aliphatic heterocycles. The molecular formula is C17H27Cl2N5O. The first kappa shape index (κ1) is 21.8. The van der Waals surface area contributed by atoms with Gasteiger partial charge in [0, 0.05) is 30.4 Å². The van der Waals surface area contributed by atoms with E-state index >= 15 is 0 Å². The van der Waals surface area contributed by atoms with Gasteiger partial charge in [0.15, 0.2) is 0 Å². The van der Waals surface area contributed by atoms with Crippen molar-refractivity contribution < 1.29 is 4.63 Å². The van der Waals surface area contributed by atoms with Crippen molar-refractivity contribution in [2.24, 2.45) is 0 Å². The summed E-state index contributed by atoms with van der Waals surface area (Å²) in [6.45, 7) is 7.79. The first-order valence-corrected chi connectivity index (χ1v) is 8.19. The molecule has 0 amide bonds. The molecule has 8 heteroatoms. The number of piperidine rings is 1. The van der Waals surface area contributed by atoms with Crippen LogP contribution in [0.2, 0.25) is 0 Å². The van der Waals surface area contributed by atoms with E-state index in [0.717, 1.165) is 50.4 Å². The van der Waals surface area contributed by atoms with Crippen LogP contribution in [0.15, 0.2) is 23.0 Å². The summed E-state index contributed by atoms with van der Waals surface area (Å²) in [5.74, 6) is 0. The lowest BCUT2D eigenvalue weighted by Gasteiger charge is -2.40. The van der Waals surface area contributed by atoms with Gasteiger partial charge in [-0.1, -0.05) is 16.4 Å². The Hall–Kier alpha value is -1.21. The number of rotatable bonds is 5. The molecule has 0 atom stereocenters. The van der Waals surface area contributed by atoms with Gasteiger partial charge in [-0.25, -0.2) is 4.63 Å². The molecule has 1 N–H and O–H groups in total. The van der Waals surface area contributed by atoms with Crippen molar-refractivity contribution in [3.05, 3.63) is 41.0 Å². The van der Waals surface area contributed by atoms with Crippen LogP contribution in [0.25, 0.3) is 0 Å². The Morgan fingerprint density at radius 2 is 1.88 bits per heavy atom. The Morgan fingerprint density at radius 3 is 2.44 bits per heavy atom. The maximum absolute atomic E-state index is 4.81. The Morgan fingerprint density at radius 1 is 1.16 bits per heavy atom. The Labute approximate surface area is 161 Å². The monoisotopic (exact) mass is 387 g/mol. The topological polar surface area (TPSA) is 67.1 Å². The van der Waals surface area contributed by atoms with Gasteiger partial charge >= 0.3 is 0 Å². The molecule has 3 rings (SSSR count). The first-order valence-electron chi connectivity index (χ1n) is 8.19. The van der Waals surface area contributed by atoms with E-state index in [9.17, 15) is 0 Å². The second kappa shape index (κ2) is 9.48. The Kier molecular flexibility index (Phi) is 8.28. The SMILES string of the molecule is Cc1ccc(C2(CN(C)Cc3nonc3C)CCNCC2)nc1.Cl.Cl. The van der Waals surface area contributed by atoms with Gasteiger partial charge in [-0.2, -0.15) is 0 Å². The highest BCUT2D eigenvalue weighted by Crippen LogP contribution is 2.33. The zero-order chi connectivity index (χ0) is 16.3. The van der Waals surface area contributed by atoms with Crippen LogP contribution in [0.1, 0.15) is 35.5 Å². The molecule has 140 valence electrons.